The van der Waals surface area contributed by atoms with Gasteiger partial charge in [-0.1, -0.05) is 13.3 Å². The third-order valence-electron chi connectivity index (χ3n) is 3.82. The summed E-state index contributed by atoms with van der Waals surface area (Å²) in [5.41, 5.74) is -1.44. The fourth-order valence-electron chi connectivity index (χ4n) is 2.72. The molecule has 1 aliphatic rings. The maximum atomic E-state index is 11.0. The standard InChI is InChI=1S/C13H24O4/c1-5-6-10(14)13(4)8-7-9(11(15)16)12(2,3)17-13/h9-10,14H,5-8H2,1-4H3,(H,15,16)/p-1/t9-,10-,13-/m1/s1. The molecule has 0 aromatic rings. The smallest absolute Gasteiger partial charge is 0.0919 e. The maximum absolute atomic E-state index is 11.0. The number of carbonyl (C=O) groups excluding carboxylic acids is 1. The van der Waals surface area contributed by atoms with Crippen LogP contribution in [-0.4, -0.2) is 28.4 Å². The lowest BCUT2D eigenvalue weighted by molar-refractivity contribution is -0.327. The van der Waals surface area contributed by atoms with Crippen molar-refractivity contribution < 1.29 is 19.7 Å². The molecule has 0 saturated carbocycles. The van der Waals surface area contributed by atoms with Crippen LogP contribution < -0.4 is 5.11 Å². The van der Waals surface area contributed by atoms with E-state index in [1.807, 2.05) is 13.8 Å². The third-order valence-corrected chi connectivity index (χ3v) is 3.82. The van der Waals surface area contributed by atoms with Crippen molar-refractivity contribution in [2.45, 2.75) is 70.7 Å². The van der Waals surface area contributed by atoms with Crippen molar-refractivity contribution in [1.29, 1.82) is 0 Å². The van der Waals surface area contributed by atoms with Gasteiger partial charge in [0.15, 0.2) is 0 Å². The van der Waals surface area contributed by atoms with Gasteiger partial charge in [-0.15, -0.1) is 0 Å². The molecule has 1 rings (SSSR count). The van der Waals surface area contributed by atoms with Crippen LogP contribution in [0.2, 0.25) is 0 Å². The average molecular weight is 243 g/mol. The Labute approximate surface area is 103 Å². The monoisotopic (exact) mass is 243 g/mol. The van der Waals surface area contributed by atoms with Crippen LogP contribution >= 0.6 is 0 Å². The number of ether oxygens (including phenoxy) is 1. The predicted octanol–water partition coefficient (Wildman–Crippen LogP) is 0.861. The zero-order valence-electron chi connectivity index (χ0n) is 11.2. The minimum absolute atomic E-state index is 0.493. The minimum Gasteiger partial charge on any atom is -0.550 e. The number of carboxylic acids is 1. The van der Waals surface area contributed by atoms with Gasteiger partial charge in [-0.2, -0.15) is 0 Å². The van der Waals surface area contributed by atoms with Crippen LogP contribution in [0.1, 0.15) is 53.4 Å². The summed E-state index contributed by atoms with van der Waals surface area (Å²) in [5, 5.41) is 21.1. The van der Waals surface area contributed by atoms with E-state index in [1.54, 1.807) is 13.8 Å². The van der Waals surface area contributed by atoms with E-state index in [0.29, 0.717) is 19.3 Å². The topological polar surface area (TPSA) is 69.6 Å². The van der Waals surface area contributed by atoms with Gasteiger partial charge in [-0.25, -0.2) is 0 Å². The summed E-state index contributed by atoms with van der Waals surface area (Å²) in [4.78, 5) is 11.0. The minimum atomic E-state index is -1.07. The molecule has 0 unspecified atom stereocenters. The normalized spacial score (nSPS) is 34.3. The highest BCUT2D eigenvalue weighted by molar-refractivity contribution is 5.69. The third kappa shape index (κ3) is 2.99. The number of carbonyl (C=O) groups is 1. The molecule has 0 radical (unpaired) electrons. The number of aliphatic hydroxyl groups is 1. The van der Waals surface area contributed by atoms with Gasteiger partial charge < -0.3 is 19.7 Å². The Bertz CT molecular complexity index is 287. The van der Waals surface area contributed by atoms with Crippen LogP contribution in [0.25, 0.3) is 0 Å². The number of aliphatic hydroxyl groups excluding tert-OH is 1. The fraction of sp³-hybridized carbons (Fsp3) is 0.923. The molecule has 3 atom stereocenters. The molecule has 17 heavy (non-hydrogen) atoms. The van der Waals surface area contributed by atoms with E-state index in [4.69, 9.17) is 4.74 Å². The van der Waals surface area contributed by atoms with Gasteiger partial charge in [0.2, 0.25) is 0 Å². The summed E-state index contributed by atoms with van der Waals surface area (Å²) < 4.78 is 5.88. The second-order valence-electron chi connectivity index (χ2n) is 5.73. The first-order valence-corrected chi connectivity index (χ1v) is 6.32. The van der Waals surface area contributed by atoms with E-state index >= 15 is 0 Å². The second-order valence-corrected chi connectivity index (χ2v) is 5.73. The van der Waals surface area contributed by atoms with Crippen molar-refractivity contribution in [2.24, 2.45) is 5.92 Å². The Morgan fingerprint density at radius 1 is 1.53 bits per heavy atom. The highest BCUT2D eigenvalue weighted by atomic mass is 16.5. The lowest BCUT2D eigenvalue weighted by Gasteiger charge is -2.50. The fourth-order valence-corrected chi connectivity index (χ4v) is 2.72. The Morgan fingerprint density at radius 2 is 2.12 bits per heavy atom. The first kappa shape index (κ1) is 14.5. The van der Waals surface area contributed by atoms with Crippen molar-refractivity contribution in [3.8, 4) is 0 Å². The lowest BCUT2D eigenvalue weighted by Crippen LogP contribution is -2.58. The van der Waals surface area contributed by atoms with Crippen LogP contribution in [0.15, 0.2) is 0 Å². The molecule has 1 heterocycles. The highest BCUT2D eigenvalue weighted by Crippen LogP contribution is 2.41. The Hall–Kier alpha value is -0.610. The van der Waals surface area contributed by atoms with Crippen molar-refractivity contribution in [1.82, 2.24) is 0 Å². The zero-order valence-corrected chi connectivity index (χ0v) is 11.2. The van der Waals surface area contributed by atoms with Crippen molar-refractivity contribution in [2.75, 3.05) is 0 Å². The van der Waals surface area contributed by atoms with Gasteiger partial charge in [0.05, 0.1) is 17.3 Å². The van der Waals surface area contributed by atoms with Gasteiger partial charge in [0.1, 0.15) is 0 Å². The summed E-state index contributed by atoms with van der Waals surface area (Å²) >= 11 is 0. The SMILES string of the molecule is CCC[C@@H](O)[C@@]1(C)CC[C@H](C(=O)[O-])C(C)(C)O1. The van der Waals surface area contributed by atoms with Crippen LogP contribution in [-0.2, 0) is 9.53 Å². The average Bonchev–Trinajstić information content (AvgIpc) is 2.15. The summed E-state index contributed by atoms with van der Waals surface area (Å²) in [6.07, 6.45) is 2.05. The molecule has 0 aliphatic carbocycles. The molecule has 1 aliphatic heterocycles. The Morgan fingerprint density at radius 3 is 2.53 bits per heavy atom. The van der Waals surface area contributed by atoms with Crippen molar-refractivity contribution in [3.63, 3.8) is 0 Å². The molecule has 4 nitrogen and oxygen atoms in total. The van der Waals surface area contributed by atoms with Gasteiger partial charge in [-0.3, -0.25) is 0 Å². The van der Waals surface area contributed by atoms with E-state index in [-0.39, 0.29) is 0 Å². The summed E-state index contributed by atoms with van der Waals surface area (Å²) in [5.74, 6) is -1.67. The first-order chi connectivity index (χ1) is 7.73. The molecule has 0 aromatic heterocycles. The number of hydrogen-bond donors (Lipinski definition) is 1. The van der Waals surface area contributed by atoms with Crippen LogP contribution in [0.4, 0.5) is 0 Å². The molecular formula is C13H23O4-. The number of rotatable bonds is 4. The summed E-state index contributed by atoms with van der Waals surface area (Å²) in [6, 6.07) is 0. The van der Waals surface area contributed by atoms with E-state index in [0.717, 1.165) is 6.42 Å². The Balaban J connectivity index is 2.81. The number of aliphatic carboxylic acids is 1. The molecule has 1 fully saturated rings. The molecule has 1 saturated heterocycles. The highest BCUT2D eigenvalue weighted by Gasteiger charge is 2.47. The van der Waals surface area contributed by atoms with E-state index in [9.17, 15) is 15.0 Å². The van der Waals surface area contributed by atoms with Gasteiger partial charge in [-0.05, 0) is 40.0 Å². The molecule has 0 spiro atoms. The van der Waals surface area contributed by atoms with Crippen LogP contribution in [0.5, 0.6) is 0 Å². The Kier molecular flexibility index (Phi) is 4.20. The van der Waals surface area contributed by atoms with Crippen molar-refractivity contribution >= 4 is 5.97 Å². The second kappa shape index (κ2) is 4.94. The lowest BCUT2D eigenvalue weighted by atomic mass is 9.76. The molecular weight excluding hydrogens is 220 g/mol. The first-order valence-electron chi connectivity index (χ1n) is 6.32. The summed E-state index contributed by atoms with van der Waals surface area (Å²) in [6.45, 7) is 7.37. The van der Waals surface area contributed by atoms with Gasteiger partial charge in [0.25, 0.3) is 0 Å². The quantitative estimate of drug-likeness (QED) is 0.795. The van der Waals surface area contributed by atoms with Gasteiger partial charge >= 0.3 is 0 Å². The number of carboxylic acid groups (broad SMARTS) is 1. The molecule has 0 amide bonds. The van der Waals surface area contributed by atoms with Gasteiger partial charge in [0, 0.05) is 11.9 Å². The molecule has 0 bridgehead atoms. The predicted molar refractivity (Wildman–Crippen MR) is 62.2 cm³/mol. The van der Waals surface area contributed by atoms with E-state index < -0.39 is 29.2 Å². The molecule has 0 aromatic carbocycles. The number of hydrogen-bond acceptors (Lipinski definition) is 4. The molecule has 1 N–H and O–H groups in total. The van der Waals surface area contributed by atoms with Crippen LogP contribution in [0, 0.1) is 5.92 Å². The molecule has 4 heteroatoms. The molecule has 100 valence electrons. The van der Waals surface area contributed by atoms with Crippen molar-refractivity contribution in [3.05, 3.63) is 0 Å². The zero-order chi connectivity index (χ0) is 13.3. The maximum Gasteiger partial charge on any atom is 0.0919 e. The summed E-state index contributed by atoms with van der Waals surface area (Å²) in [7, 11) is 0. The largest absolute Gasteiger partial charge is 0.550 e. The van der Waals surface area contributed by atoms with Crippen LogP contribution in [0.3, 0.4) is 0 Å². The van der Waals surface area contributed by atoms with E-state index in [2.05, 4.69) is 0 Å². The van der Waals surface area contributed by atoms with E-state index in [1.165, 1.54) is 0 Å².